The van der Waals surface area contributed by atoms with Crippen LogP contribution >= 0.6 is 0 Å². The van der Waals surface area contributed by atoms with Crippen molar-refractivity contribution < 1.29 is 28.9 Å². The molecule has 0 aliphatic carbocycles. The van der Waals surface area contributed by atoms with Crippen molar-refractivity contribution >= 4 is 17.4 Å². The number of benzene rings is 2. The molecule has 37 heavy (non-hydrogen) atoms. The van der Waals surface area contributed by atoms with Gasteiger partial charge in [-0.3, -0.25) is 9.59 Å². The number of fused-ring (bicyclic) bond motifs is 1. The fourth-order valence-corrected chi connectivity index (χ4v) is 4.98. The highest BCUT2D eigenvalue weighted by molar-refractivity contribution is 6.46. The molecule has 0 saturated carbocycles. The molecule has 1 N–H and O–H groups in total. The van der Waals surface area contributed by atoms with Crippen molar-refractivity contribution in [2.45, 2.75) is 45.8 Å². The molecule has 8 heteroatoms. The molecule has 2 atom stereocenters. The van der Waals surface area contributed by atoms with Crippen molar-refractivity contribution in [2.75, 3.05) is 40.4 Å². The monoisotopic (exact) mass is 508 g/mol. The number of nitrogens with zero attached hydrogens (tertiary/aromatic N) is 2. The largest absolute Gasteiger partial charge is 0.507 e. The number of carbonyl (C=O) groups is 2. The fourth-order valence-electron chi connectivity index (χ4n) is 4.98. The normalized spacial score (nSPS) is 20.3. The van der Waals surface area contributed by atoms with Gasteiger partial charge in [-0.25, -0.2) is 0 Å². The van der Waals surface area contributed by atoms with E-state index in [1.807, 2.05) is 51.9 Å². The maximum atomic E-state index is 13.4. The van der Waals surface area contributed by atoms with E-state index in [1.54, 1.807) is 29.2 Å². The zero-order valence-electron chi connectivity index (χ0n) is 22.2. The summed E-state index contributed by atoms with van der Waals surface area (Å²) in [5, 5.41) is 11.5. The number of hydrogen-bond acceptors (Lipinski definition) is 7. The molecule has 2 aromatic rings. The van der Waals surface area contributed by atoms with E-state index in [1.165, 1.54) is 0 Å². The summed E-state index contributed by atoms with van der Waals surface area (Å²) in [4.78, 5) is 30.2. The van der Waals surface area contributed by atoms with Crippen molar-refractivity contribution in [3.05, 3.63) is 58.7 Å². The maximum absolute atomic E-state index is 13.4. The summed E-state index contributed by atoms with van der Waals surface area (Å²) in [5.74, 6) is 0.402. The highest BCUT2D eigenvalue weighted by Gasteiger charge is 2.46. The molecule has 198 valence electrons. The number of aliphatic hydroxyl groups excluding tert-OH is 1. The summed E-state index contributed by atoms with van der Waals surface area (Å²) in [7, 11) is 3.93. The lowest BCUT2D eigenvalue weighted by Crippen LogP contribution is -2.32. The third-order valence-electron chi connectivity index (χ3n) is 6.60. The number of ketones is 1. The van der Waals surface area contributed by atoms with Gasteiger partial charge in [0, 0.05) is 18.5 Å². The summed E-state index contributed by atoms with van der Waals surface area (Å²) in [5.41, 5.74) is 2.21. The van der Waals surface area contributed by atoms with Crippen LogP contribution in [0.25, 0.3) is 5.76 Å². The zero-order valence-corrected chi connectivity index (χ0v) is 22.2. The SMILES string of the molecule is CCOc1ccc([C@H]2C(=C(O)c3ccc4c(c3)C[C@H](C)O4)C(=O)C(=O)N2CCCN(C)C)cc1OCC. The Morgan fingerprint density at radius 3 is 2.51 bits per heavy atom. The molecule has 2 aromatic carbocycles. The molecular formula is C29H36N2O6. The quantitative estimate of drug-likeness (QED) is 0.293. The third kappa shape index (κ3) is 5.44. The average Bonchev–Trinajstić information content (AvgIpc) is 3.35. The second-order valence-corrected chi connectivity index (χ2v) is 9.68. The Kier molecular flexibility index (Phi) is 8.07. The minimum atomic E-state index is -0.750. The third-order valence-corrected chi connectivity index (χ3v) is 6.60. The van der Waals surface area contributed by atoms with Crippen LogP contribution in [0.2, 0.25) is 0 Å². The Morgan fingerprint density at radius 1 is 1.08 bits per heavy atom. The van der Waals surface area contributed by atoms with Crippen molar-refractivity contribution in [3.8, 4) is 17.2 Å². The van der Waals surface area contributed by atoms with E-state index in [4.69, 9.17) is 14.2 Å². The van der Waals surface area contributed by atoms with Gasteiger partial charge in [-0.05, 0) is 89.3 Å². The van der Waals surface area contributed by atoms with Crippen LogP contribution in [0.5, 0.6) is 17.2 Å². The lowest BCUT2D eigenvalue weighted by Gasteiger charge is -2.26. The van der Waals surface area contributed by atoms with Gasteiger partial charge >= 0.3 is 0 Å². The van der Waals surface area contributed by atoms with Gasteiger partial charge < -0.3 is 29.1 Å². The number of likely N-dealkylation sites (tertiary alicyclic amines) is 1. The molecule has 0 spiro atoms. The van der Waals surface area contributed by atoms with E-state index in [0.29, 0.717) is 48.8 Å². The van der Waals surface area contributed by atoms with Gasteiger partial charge in [-0.2, -0.15) is 0 Å². The number of amides is 1. The van der Waals surface area contributed by atoms with Gasteiger partial charge in [0.1, 0.15) is 17.6 Å². The molecule has 1 saturated heterocycles. The fraction of sp³-hybridized carbons (Fsp3) is 0.448. The number of aliphatic hydroxyl groups is 1. The first-order chi connectivity index (χ1) is 17.7. The lowest BCUT2D eigenvalue weighted by molar-refractivity contribution is -0.139. The Morgan fingerprint density at radius 2 is 1.81 bits per heavy atom. The van der Waals surface area contributed by atoms with Crippen molar-refractivity contribution in [1.82, 2.24) is 9.80 Å². The lowest BCUT2D eigenvalue weighted by atomic mass is 9.94. The highest BCUT2D eigenvalue weighted by Crippen LogP contribution is 2.43. The summed E-state index contributed by atoms with van der Waals surface area (Å²) >= 11 is 0. The van der Waals surface area contributed by atoms with Gasteiger partial charge in [0.05, 0.1) is 24.8 Å². The first-order valence-corrected chi connectivity index (χ1v) is 12.9. The molecule has 2 aliphatic heterocycles. The zero-order chi connectivity index (χ0) is 26.7. The first-order valence-electron chi connectivity index (χ1n) is 12.9. The van der Waals surface area contributed by atoms with E-state index >= 15 is 0 Å². The van der Waals surface area contributed by atoms with Gasteiger partial charge in [0.25, 0.3) is 11.7 Å². The number of Topliss-reactive ketones (excluding diaryl/α,β-unsaturated/α-hetero) is 1. The molecule has 0 unspecified atom stereocenters. The van der Waals surface area contributed by atoms with Crippen molar-refractivity contribution in [3.63, 3.8) is 0 Å². The summed E-state index contributed by atoms with van der Waals surface area (Å²) in [6.07, 6.45) is 1.45. The summed E-state index contributed by atoms with van der Waals surface area (Å²) < 4.78 is 17.3. The van der Waals surface area contributed by atoms with E-state index in [-0.39, 0.29) is 17.4 Å². The first kappa shape index (κ1) is 26.5. The van der Waals surface area contributed by atoms with Crippen LogP contribution in [0.15, 0.2) is 42.0 Å². The number of carbonyl (C=O) groups excluding carboxylic acids is 2. The number of hydrogen-bond donors (Lipinski definition) is 1. The second kappa shape index (κ2) is 11.3. The molecule has 0 aromatic heterocycles. The predicted molar refractivity (Wildman–Crippen MR) is 141 cm³/mol. The Balaban J connectivity index is 1.81. The van der Waals surface area contributed by atoms with Crippen LogP contribution in [0.3, 0.4) is 0 Å². The molecule has 2 aliphatic rings. The molecule has 2 heterocycles. The van der Waals surface area contributed by atoms with Crippen LogP contribution in [0.4, 0.5) is 0 Å². The maximum Gasteiger partial charge on any atom is 0.295 e. The van der Waals surface area contributed by atoms with Crippen LogP contribution in [-0.4, -0.2) is 73.1 Å². The minimum absolute atomic E-state index is 0.0514. The predicted octanol–water partition coefficient (Wildman–Crippen LogP) is 4.18. The molecule has 1 fully saturated rings. The second-order valence-electron chi connectivity index (χ2n) is 9.68. The minimum Gasteiger partial charge on any atom is -0.507 e. The molecule has 1 amide bonds. The Labute approximate surface area is 218 Å². The number of ether oxygens (including phenoxy) is 3. The molecule has 8 nitrogen and oxygen atoms in total. The molecule has 0 radical (unpaired) electrons. The van der Waals surface area contributed by atoms with Crippen LogP contribution in [-0.2, 0) is 16.0 Å². The Bertz CT molecular complexity index is 1200. The van der Waals surface area contributed by atoms with E-state index in [0.717, 1.165) is 24.3 Å². The van der Waals surface area contributed by atoms with E-state index in [2.05, 4.69) is 0 Å². The molecular weight excluding hydrogens is 472 g/mol. The standard InChI is InChI=1S/C29H36N2O6/c1-6-35-23-12-9-19(17-24(23)36-7-2)26-25(28(33)29(34)31(26)14-8-13-30(4)5)27(32)20-10-11-22-21(16-20)15-18(3)37-22/h9-12,16-18,26,32H,6-8,13-15H2,1-5H3/t18-,26-/m0/s1. The van der Waals surface area contributed by atoms with Gasteiger partial charge in [0.15, 0.2) is 11.5 Å². The average molecular weight is 509 g/mol. The van der Waals surface area contributed by atoms with Gasteiger partial charge in [0.2, 0.25) is 0 Å². The van der Waals surface area contributed by atoms with E-state index in [9.17, 15) is 14.7 Å². The van der Waals surface area contributed by atoms with Crippen molar-refractivity contribution in [2.24, 2.45) is 0 Å². The molecule has 0 bridgehead atoms. The van der Waals surface area contributed by atoms with Crippen LogP contribution in [0, 0.1) is 0 Å². The van der Waals surface area contributed by atoms with Gasteiger partial charge in [-0.15, -0.1) is 0 Å². The van der Waals surface area contributed by atoms with Crippen molar-refractivity contribution in [1.29, 1.82) is 0 Å². The van der Waals surface area contributed by atoms with Gasteiger partial charge in [-0.1, -0.05) is 6.07 Å². The van der Waals surface area contributed by atoms with Crippen LogP contribution in [0.1, 0.15) is 49.9 Å². The Hall–Kier alpha value is -3.52. The highest BCUT2D eigenvalue weighted by atomic mass is 16.5. The van der Waals surface area contributed by atoms with E-state index < -0.39 is 17.7 Å². The summed E-state index contributed by atoms with van der Waals surface area (Å²) in [6.45, 7) is 7.80. The molecule has 4 rings (SSSR count). The summed E-state index contributed by atoms with van der Waals surface area (Å²) in [6, 6.07) is 10.0. The number of rotatable bonds is 10. The topological polar surface area (TPSA) is 88.5 Å². The smallest absolute Gasteiger partial charge is 0.295 e. The van der Waals surface area contributed by atoms with Crippen LogP contribution < -0.4 is 14.2 Å².